The average Bonchev–Trinajstić information content (AvgIpc) is 3.43. The zero-order chi connectivity index (χ0) is 18.5. The fraction of sp³-hybridized carbons (Fsp3) is 0.350. The van der Waals surface area contributed by atoms with Gasteiger partial charge in [0.1, 0.15) is 0 Å². The monoisotopic (exact) mass is 361 g/mol. The van der Waals surface area contributed by atoms with Crippen molar-refractivity contribution >= 4 is 11.7 Å². The number of carboxylic acids is 1. The Kier molecular flexibility index (Phi) is 5.71. The Morgan fingerprint density at radius 3 is 2.54 bits per heavy atom. The van der Waals surface area contributed by atoms with Crippen molar-refractivity contribution in [1.29, 1.82) is 0 Å². The molecule has 0 aromatic heterocycles. The van der Waals surface area contributed by atoms with E-state index in [1.54, 1.807) is 0 Å². The van der Waals surface area contributed by atoms with Gasteiger partial charge in [0.15, 0.2) is 17.4 Å². The van der Waals surface area contributed by atoms with Crippen LogP contribution in [0.2, 0.25) is 0 Å². The number of rotatable bonds is 9. The zero-order valence-electron chi connectivity index (χ0n) is 14.3. The maximum absolute atomic E-state index is 14.3. The number of para-hydroxylation sites is 1. The Balaban J connectivity index is 1.75. The van der Waals surface area contributed by atoms with Crippen molar-refractivity contribution in [3.63, 3.8) is 0 Å². The van der Waals surface area contributed by atoms with E-state index >= 15 is 0 Å². The van der Waals surface area contributed by atoms with Gasteiger partial charge in [-0.3, -0.25) is 4.79 Å². The van der Waals surface area contributed by atoms with Gasteiger partial charge in [-0.1, -0.05) is 18.2 Å². The lowest BCUT2D eigenvalue weighted by molar-refractivity contribution is -0.137. The predicted octanol–water partition coefficient (Wildman–Crippen LogP) is 4.70. The number of ether oxygens (including phenoxy) is 1. The van der Waals surface area contributed by atoms with E-state index in [9.17, 15) is 13.6 Å². The van der Waals surface area contributed by atoms with Crippen LogP contribution in [-0.4, -0.2) is 24.2 Å². The number of nitrogens with one attached hydrogen (secondary N) is 1. The van der Waals surface area contributed by atoms with Crippen molar-refractivity contribution in [2.24, 2.45) is 5.92 Å². The minimum Gasteiger partial charge on any atom is -0.488 e. The largest absolute Gasteiger partial charge is 0.488 e. The molecule has 0 bridgehead atoms. The van der Waals surface area contributed by atoms with E-state index < -0.39 is 23.4 Å². The summed E-state index contributed by atoms with van der Waals surface area (Å²) in [6, 6.07) is 9.90. The lowest BCUT2D eigenvalue weighted by Gasteiger charge is -2.14. The second-order valence-electron chi connectivity index (χ2n) is 6.48. The number of hydrogen-bond acceptors (Lipinski definition) is 3. The van der Waals surface area contributed by atoms with E-state index in [-0.39, 0.29) is 19.4 Å². The molecular weight excluding hydrogens is 340 g/mol. The van der Waals surface area contributed by atoms with Crippen LogP contribution in [0.3, 0.4) is 0 Å². The summed E-state index contributed by atoms with van der Waals surface area (Å²) < 4.78 is 33.8. The molecule has 2 aromatic rings. The van der Waals surface area contributed by atoms with Crippen LogP contribution in [0, 0.1) is 17.6 Å². The van der Waals surface area contributed by atoms with Gasteiger partial charge in [0.2, 0.25) is 0 Å². The van der Waals surface area contributed by atoms with Crippen molar-refractivity contribution < 1.29 is 23.4 Å². The lowest BCUT2D eigenvalue weighted by atomic mass is 10.0. The summed E-state index contributed by atoms with van der Waals surface area (Å²) in [4.78, 5) is 10.5. The highest BCUT2D eigenvalue weighted by atomic mass is 19.1. The normalized spacial score (nSPS) is 13.5. The molecular formula is C20H21F2NO3. The van der Waals surface area contributed by atoms with Crippen LogP contribution in [0.15, 0.2) is 36.4 Å². The van der Waals surface area contributed by atoms with Gasteiger partial charge in [-0.25, -0.2) is 8.78 Å². The number of anilines is 1. The van der Waals surface area contributed by atoms with E-state index in [4.69, 9.17) is 9.84 Å². The van der Waals surface area contributed by atoms with Crippen molar-refractivity contribution in [3.05, 3.63) is 48.0 Å². The minimum absolute atomic E-state index is 0.0565. The van der Waals surface area contributed by atoms with Gasteiger partial charge in [-0.2, -0.15) is 0 Å². The molecule has 2 N–H and O–H groups in total. The number of halogens is 2. The number of hydrogen-bond donors (Lipinski definition) is 2. The second-order valence-corrected chi connectivity index (χ2v) is 6.48. The highest BCUT2D eigenvalue weighted by molar-refractivity contribution is 5.78. The molecule has 1 aliphatic carbocycles. The first kappa shape index (κ1) is 18.2. The summed E-state index contributed by atoms with van der Waals surface area (Å²) in [5.41, 5.74) is 1.99. The molecule has 3 rings (SSSR count). The Labute approximate surface area is 150 Å². The smallest absolute Gasteiger partial charge is 0.303 e. The quantitative estimate of drug-likeness (QED) is 0.636. The molecule has 0 saturated heterocycles. The molecule has 6 heteroatoms. The molecule has 0 heterocycles. The van der Waals surface area contributed by atoms with Gasteiger partial charge in [0.05, 0.1) is 6.61 Å². The van der Waals surface area contributed by atoms with Crippen molar-refractivity contribution in [1.82, 2.24) is 0 Å². The van der Waals surface area contributed by atoms with E-state index in [0.717, 1.165) is 17.8 Å². The van der Waals surface area contributed by atoms with Gasteiger partial charge in [-0.15, -0.1) is 0 Å². The van der Waals surface area contributed by atoms with E-state index in [1.807, 2.05) is 24.3 Å². The summed E-state index contributed by atoms with van der Waals surface area (Å²) in [6.45, 7) is 0.797. The fourth-order valence-electron chi connectivity index (χ4n) is 2.72. The highest BCUT2D eigenvalue weighted by Gasteiger charge is 2.21. The minimum atomic E-state index is -0.972. The Morgan fingerprint density at radius 1 is 1.19 bits per heavy atom. The predicted molar refractivity (Wildman–Crippen MR) is 95.4 cm³/mol. The van der Waals surface area contributed by atoms with Gasteiger partial charge in [0.25, 0.3) is 0 Å². The van der Waals surface area contributed by atoms with Gasteiger partial charge >= 0.3 is 5.97 Å². The maximum atomic E-state index is 14.3. The Morgan fingerprint density at radius 2 is 1.88 bits per heavy atom. The van der Waals surface area contributed by atoms with E-state index in [2.05, 4.69) is 5.32 Å². The molecule has 138 valence electrons. The third-order valence-corrected chi connectivity index (χ3v) is 4.30. The molecule has 1 fully saturated rings. The average molecular weight is 361 g/mol. The highest BCUT2D eigenvalue weighted by Crippen LogP contribution is 2.34. The first-order chi connectivity index (χ1) is 12.5. The number of carbonyl (C=O) groups is 1. The Bertz CT molecular complexity index is 767. The molecule has 0 spiro atoms. The fourth-order valence-corrected chi connectivity index (χ4v) is 2.72. The van der Waals surface area contributed by atoms with Gasteiger partial charge in [0, 0.05) is 24.2 Å². The van der Waals surface area contributed by atoms with Crippen LogP contribution in [0.5, 0.6) is 5.75 Å². The molecule has 4 nitrogen and oxygen atoms in total. The molecule has 2 aromatic carbocycles. The molecule has 0 radical (unpaired) electrons. The van der Waals surface area contributed by atoms with Crippen LogP contribution >= 0.6 is 0 Å². The Hall–Kier alpha value is -2.63. The first-order valence-corrected chi connectivity index (χ1v) is 8.71. The standard InChI is InChI=1S/C20H21F2NO3/c21-16-10-14(11-17(22)20(16)26-9-3-6-19(24)25)15-4-1-2-5-18(15)23-12-13-7-8-13/h1-2,4-5,10-11,13,23H,3,6-9,12H2,(H,24,25). The summed E-state index contributed by atoms with van der Waals surface area (Å²) in [5.74, 6) is -2.36. The molecule has 0 amide bonds. The maximum Gasteiger partial charge on any atom is 0.303 e. The SMILES string of the molecule is O=C(O)CCCOc1c(F)cc(-c2ccccc2NCC2CC2)cc1F. The van der Waals surface area contributed by atoms with Crippen molar-refractivity contribution in [3.8, 4) is 16.9 Å². The molecule has 0 aliphatic heterocycles. The second kappa shape index (κ2) is 8.17. The summed E-state index contributed by atoms with van der Waals surface area (Å²) >= 11 is 0. The lowest BCUT2D eigenvalue weighted by Crippen LogP contribution is -2.06. The van der Waals surface area contributed by atoms with E-state index in [1.165, 1.54) is 25.0 Å². The molecule has 0 atom stereocenters. The molecule has 1 aliphatic rings. The molecule has 0 unspecified atom stereocenters. The van der Waals surface area contributed by atoms with Crippen LogP contribution < -0.4 is 10.1 Å². The first-order valence-electron chi connectivity index (χ1n) is 8.71. The van der Waals surface area contributed by atoms with E-state index in [0.29, 0.717) is 11.5 Å². The zero-order valence-corrected chi connectivity index (χ0v) is 14.3. The third kappa shape index (κ3) is 4.71. The van der Waals surface area contributed by atoms with Gasteiger partial charge in [-0.05, 0) is 48.9 Å². The number of benzene rings is 2. The van der Waals surface area contributed by atoms with Crippen LogP contribution in [-0.2, 0) is 4.79 Å². The summed E-state index contributed by atoms with van der Waals surface area (Å²) in [5, 5.41) is 11.9. The van der Waals surface area contributed by atoms with Crippen molar-refractivity contribution in [2.75, 3.05) is 18.5 Å². The van der Waals surface area contributed by atoms with Crippen molar-refractivity contribution in [2.45, 2.75) is 25.7 Å². The van der Waals surface area contributed by atoms with Crippen LogP contribution in [0.1, 0.15) is 25.7 Å². The summed E-state index contributed by atoms with van der Waals surface area (Å²) in [7, 11) is 0. The third-order valence-electron chi connectivity index (χ3n) is 4.30. The summed E-state index contributed by atoms with van der Waals surface area (Å²) in [6.07, 6.45) is 2.50. The molecule has 1 saturated carbocycles. The number of carboxylic acid groups (broad SMARTS) is 1. The molecule has 26 heavy (non-hydrogen) atoms. The topological polar surface area (TPSA) is 58.6 Å². The van der Waals surface area contributed by atoms with Crippen LogP contribution in [0.4, 0.5) is 14.5 Å². The van der Waals surface area contributed by atoms with Crippen LogP contribution in [0.25, 0.3) is 11.1 Å². The van der Waals surface area contributed by atoms with Gasteiger partial charge < -0.3 is 15.2 Å². The number of aliphatic carboxylic acids is 1.